The zero-order valence-corrected chi connectivity index (χ0v) is 16.9. The molecule has 32 heavy (non-hydrogen) atoms. The van der Waals surface area contributed by atoms with Gasteiger partial charge in [0.1, 0.15) is 0 Å². The standard InChI is InChI=1S/C24H18N4O4/c29-21-15-8-4-5-9-16(15)22(30)26(21)20-17-12-14-10-11-18(19(17)20)28-24(32)25(23(31)27(14)28)13-6-2-1-3-7-13/h1-11,14,17-20H,12H2/t14-,17+,18+,19+,20-/m1/s1. The number of nitrogens with zero attached hydrogens (tertiary/aromatic N) is 4. The summed E-state index contributed by atoms with van der Waals surface area (Å²) in [5.74, 6) is -0.570. The fourth-order valence-electron chi connectivity index (χ4n) is 5.97. The Morgan fingerprint density at radius 3 is 2.03 bits per heavy atom. The van der Waals surface area contributed by atoms with Crippen LogP contribution in [0.4, 0.5) is 0 Å². The number of allylic oxidation sites excluding steroid dienone is 2. The fraction of sp³-hybridized carbons (Fsp3) is 0.250. The van der Waals surface area contributed by atoms with E-state index < -0.39 is 5.69 Å². The van der Waals surface area contributed by atoms with E-state index in [-0.39, 0.29) is 47.5 Å². The highest BCUT2D eigenvalue weighted by molar-refractivity contribution is 6.21. The molecule has 2 aromatic carbocycles. The number of aromatic nitrogens is 3. The van der Waals surface area contributed by atoms with E-state index in [1.807, 2.05) is 18.2 Å². The van der Waals surface area contributed by atoms with Gasteiger partial charge in [0.2, 0.25) is 0 Å². The molecule has 2 amide bonds. The maximum absolute atomic E-state index is 13.4. The quantitative estimate of drug-likeness (QED) is 0.462. The molecule has 3 aromatic rings. The summed E-state index contributed by atoms with van der Waals surface area (Å²) in [6.45, 7) is 0. The Bertz CT molecular complexity index is 1440. The molecule has 0 N–H and O–H groups in total. The lowest BCUT2D eigenvalue weighted by molar-refractivity contribution is 0.0619. The van der Waals surface area contributed by atoms with Crippen molar-refractivity contribution < 1.29 is 9.59 Å². The smallest absolute Gasteiger partial charge is 0.271 e. The van der Waals surface area contributed by atoms with Crippen molar-refractivity contribution in [1.82, 2.24) is 18.8 Å². The van der Waals surface area contributed by atoms with E-state index in [0.717, 1.165) is 0 Å². The lowest BCUT2D eigenvalue weighted by Gasteiger charge is -2.26. The average Bonchev–Trinajstić information content (AvgIpc) is 3.44. The van der Waals surface area contributed by atoms with Crippen LogP contribution in [0.2, 0.25) is 0 Å². The van der Waals surface area contributed by atoms with Gasteiger partial charge in [-0.25, -0.2) is 23.5 Å². The van der Waals surface area contributed by atoms with Crippen LogP contribution in [0.25, 0.3) is 5.69 Å². The number of amides is 2. The van der Waals surface area contributed by atoms with Crippen LogP contribution in [0.1, 0.15) is 39.2 Å². The number of fused-ring (bicyclic) bond motifs is 1. The van der Waals surface area contributed by atoms with Crippen LogP contribution in [-0.2, 0) is 0 Å². The zero-order valence-electron chi connectivity index (χ0n) is 16.9. The average molecular weight is 426 g/mol. The van der Waals surface area contributed by atoms with Crippen LogP contribution in [-0.4, -0.2) is 36.7 Å². The number of benzene rings is 2. The minimum Gasteiger partial charge on any atom is -0.271 e. The molecule has 0 unspecified atom stereocenters. The summed E-state index contributed by atoms with van der Waals surface area (Å²) in [7, 11) is 0. The van der Waals surface area contributed by atoms with Crippen molar-refractivity contribution >= 4 is 11.8 Å². The number of hydrogen-bond donors (Lipinski definition) is 0. The van der Waals surface area contributed by atoms with Crippen molar-refractivity contribution in [2.24, 2.45) is 11.8 Å². The number of imide groups is 1. The second kappa shape index (κ2) is 5.85. The highest BCUT2D eigenvalue weighted by Gasteiger charge is 2.64. The first kappa shape index (κ1) is 17.7. The van der Waals surface area contributed by atoms with Gasteiger partial charge in [0.25, 0.3) is 11.8 Å². The van der Waals surface area contributed by atoms with Gasteiger partial charge >= 0.3 is 11.4 Å². The number of para-hydroxylation sites is 1. The molecule has 0 radical (unpaired) electrons. The molecule has 4 heterocycles. The van der Waals surface area contributed by atoms with Crippen LogP contribution < -0.4 is 11.4 Å². The summed E-state index contributed by atoms with van der Waals surface area (Å²) >= 11 is 0. The topological polar surface area (TPSA) is 86.3 Å². The first-order valence-electron chi connectivity index (χ1n) is 10.7. The lowest BCUT2D eigenvalue weighted by Crippen LogP contribution is -2.39. The van der Waals surface area contributed by atoms with E-state index in [4.69, 9.17) is 0 Å². The molecule has 8 rings (SSSR count). The van der Waals surface area contributed by atoms with Crippen LogP contribution >= 0.6 is 0 Å². The molecule has 8 heteroatoms. The van der Waals surface area contributed by atoms with Crippen molar-refractivity contribution in [2.75, 3.05) is 0 Å². The molecule has 2 aliphatic carbocycles. The van der Waals surface area contributed by atoms with Crippen molar-refractivity contribution in [1.29, 1.82) is 0 Å². The first-order chi connectivity index (χ1) is 15.6. The number of hydrogen-bond acceptors (Lipinski definition) is 4. The van der Waals surface area contributed by atoms with E-state index in [1.54, 1.807) is 53.2 Å². The number of rotatable bonds is 2. The molecule has 1 saturated carbocycles. The molecule has 3 aliphatic heterocycles. The summed E-state index contributed by atoms with van der Waals surface area (Å²) < 4.78 is 4.28. The Morgan fingerprint density at radius 2 is 1.34 bits per heavy atom. The molecule has 8 nitrogen and oxygen atoms in total. The highest BCUT2D eigenvalue weighted by atomic mass is 16.2. The van der Waals surface area contributed by atoms with Gasteiger partial charge in [0.15, 0.2) is 0 Å². The third kappa shape index (κ3) is 2.02. The molecule has 2 bridgehead atoms. The minimum atomic E-state index is -0.394. The van der Waals surface area contributed by atoms with E-state index in [1.165, 1.54) is 14.1 Å². The third-order valence-corrected chi connectivity index (χ3v) is 7.37. The van der Waals surface area contributed by atoms with Gasteiger partial charge in [-0.2, -0.15) is 0 Å². The molecule has 0 saturated heterocycles. The first-order valence-corrected chi connectivity index (χ1v) is 10.7. The molecule has 5 atom stereocenters. The number of carbonyl (C=O) groups is 2. The van der Waals surface area contributed by atoms with Gasteiger partial charge in [-0.3, -0.25) is 14.5 Å². The van der Waals surface area contributed by atoms with Gasteiger partial charge in [0, 0.05) is 12.0 Å². The van der Waals surface area contributed by atoms with E-state index in [9.17, 15) is 19.2 Å². The lowest BCUT2D eigenvalue weighted by atomic mass is 10.1. The maximum Gasteiger partial charge on any atom is 0.352 e. The second-order valence-electron chi connectivity index (χ2n) is 8.86. The Hall–Kier alpha value is -3.94. The van der Waals surface area contributed by atoms with Gasteiger partial charge in [-0.05, 0) is 36.6 Å². The summed E-state index contributed by atoms with van der Waals surface area (Å²) in [5, 5.41) is 0. The summed E-state index contributed by atoms with van der Waals surface area (Å²) in [4.78, 5) is 54.1. The largest absolute Gasteiger partial charge is 0.352 e. The van der Waals surface area contributed by atoms with Gasteiger partial charge in [-0.1, -0.05) is 42.5 Å². The van der Waals surface area contributed by atoms with E-state index in [2.05, 4.69) is 0 Å². The highest BCUT2D eigenvalue weighted by Crippen LogP contribution is 2.58. The second-order valence-corrected chi connectivity index (χ2v) is 8.86. The summed E-state index contributed by atoms with van der Waals surface area (Å²) in [6, 6.07) is 14.8. The normalized spacial score (nSPS) is 29.0. The van der Waals surface area contributed by atoms with Gasteiger partial charge in [0.05, 0.1) is 28.9 Å². The van der Waals surface area contributed by atoms with Crippen LogP contribution in [0, 0.1) is 11.8 Å². The van der Waals surface area contributed by atoms with Gasteiger partial charge < -0.3 is 0 Å². The maximum atomic E-state index is 13.4. The molecule has 5 aliphatic rings. The Balaban J connectivity index is 1.32. The zero-order chi connectivity index (χ0) is 21.7. The van der Waals surface area contributed by atoms with Crippen molar-refractivity contribution in [3.8, 4) is 5.69 Å². The summed E-state index contributed by atoms with van der Waals surface area (Å²) in [6.07, 6.45) is 4.55. The van der Waals surface area contributed by atoms with Gasteiger partial charge in [-0.15, -0.1) is 0 Å². The SMILES string of the molecule is O=C1c2ccccc2C(=O)N1[C@@H]1[C@H]2C[C@H]3C=C[C@@H]([C@H]21)n1c(=O)n(-c2ccccc2)c(=O)n13. The minimum absolute atomic E-state index is 0.0542. The molecule has 0 spiro atoms. The molecule has 1 fully saturated rings. The van der Waals surface area contributed by atoms with Crippen molar-refractivity contribution in [3.05, 3.63) is 98.8 Å². The van der Waals surface area contributed by atoms with Crippen LogP contribution in [0.3, 0.4) is 0 Å². The molecular weight excluding hydrogens is 408 g/mol. The van der Waals surface area contributed by atoms with Crippen LogP contribution in [0.15, 0.2) is 76.3 Å². The Morgan fingerprint density at radius 1 is 0.719 bits per heavy atom. The molecule has 1 aromatic heterocycles. The Labute approximate surface area is 181 Å². The monoisotopic (exact) mass is 426 g/mol. The van der Waals surface area contributed by atoms with Crippen LogP contribution in [0.5, 0.6) is 0 Å². The molecule has 158 valence electrons. The third-order valence-electron chi connectivity index (χ3n) is 7.37. The summed E-state index contributed by atoms with van der Waals surface area (Å²) in [5.41, 5.74) is 0.639. The predicted octanol–water partition coefficient (Wildman–Crippen LogP) is 1.77. The molecular formula is C24H18N4O4. The predicted molar refractivity (Wildman–Crippen MR) is 114 cm³/mol. The Kier molecular flexibility index (Phi) is 3.24. The fourth-order valence-corrected chi connectivity index (χ4v) is 5.97. The van der Waals surface area contributed by atoms with Crippen molar-refractivity contribution in [2.45, 2.75) is 24.5 Å². The van der Waals surface area contributed by atoms with Crippen molar-refractivity contribution in [3.63, 3.8) is 0 Å². The number of carbonyl (C=O) groups excluding carboxylic acids is 2. The van der Waals surface area contributed by atoms with E-state index in [0.29, 0.717) is 23.2 Å². The van der Waals surface area contributed by atoms with E-state index >= 15 is 0 Å².